The van der Waals surface area contributed by atoms with Gasteiger partial charge in [-0.3, -0.25) is 9.59 Å². The Morgan fingerprint density at radius 2 is 1.16 bits per heavy atom. The summed E-state index contributed by atoms with van der Waals surface area (Å²) in [6, 6.07) is 0. The topological polar surface area (TPSA) is 134 Å². The van der Waals surface area contributed by atoms with Gasteiger partial charge in [-0.1, -0.05) is 154 Å². The van der Waals surface area contributed by atoms with Crippen molar-refractivity contribution in [3.63, 3.8) is 0 Å². The van der Waals surface area contributed by atoms with Crippen LogP contribution in [0.2, 0.25) is 0 Å². The van der Waals surface area contributed by atoms with E-state index in [1.807, 2.05) is 6.08 Å². The molecular formula is C41H76O8. The minimum absolute atomic E-state index is 0.0311. The van der Waals surface area contributed by atoms with Crippen molar-refractivity contribution in [3.05, 3.63) is 12.2 Å². The average molecular weight is 697 g/mol. The van der Waals surface area contributed by atoms with Gasteiger partial charge in [0.05, 0.1) is 24.9 Å². The fraction of sp³-hybridized carbons (Fsp3) is 0.902. The fourth-order valence-electron chi connectivity index (χ4n) is 7.00. The lowest BCUT2D eigenvalue weighted by Gasteiger charge is -2.21. The number of aliphatic hydroxyl groups excluding tert-OH is 4. The van der Waals surface area contributed by atoms with Crippen molar-refractivity contribution in [2.24, 2.45) is 11.8 Å². The maximum Gasteiger partial charge on any atom is 0.306 e. The van der Waals surface area contributed by atoms with Crippen LogP contribution in [0.4, 0.5) is 0 Å². The SMILES string of the molecule is CCCCCCCCCCCCCCCCCC(=O)O[C@@H](CO)COC(=O)CCCCCC[C@@H]1[C@@H](/C=C/[C@@H](O)CCCCC)[C@H](O)C[C@@H]1O. The summed E-state index contributed by atoms with van der Waals surface area (Å²) in [5.41, 5.74) is 0. The van der Waals surface area contributed by atoms with E-state index in [1.165, 1.54) is 77.0 Å². The van der Waals surface area contributed by atoms with Gasteiger partial charge in [0.25, 0.3) is 0 Å². The quantitative estimate of drug-likeness (QED) is 0.0304. The van der Waals surface area contributed by atoms with Crippen molar-refractivity contribution in [3.8, 4) is 0 Å². The highest BCUT2D eigenvalue weighted by atomic mass is 16.6. The Bertz CT molecular complexity index is 817. The molecule has 8 nitrogen and oxygen atoms in total. The van der Waals surface area contributed by atoms with Crippen LogP contribution in [0.3, 0.4) is 0 Å². The largest absolute Gasteiger partial charge is 0.462 e. The van der Waals surface area contributed by atoms with E-state index in [9.17, 15) is 30.0 Å². The molecule has 0 bridgehead atoms. The predicted molar refractivity (Wildman–Crippen MR) is 198 cm³/mol. The molecule has 0 aromatic rings. The molecule has 0 saturated heterocycles. The van der Waals surface area contributed by atoms with Crippen molar-refractivity contribution >= 4 is 11.9 Å². The summed E-state index contributed by atoms with van der Waals surface area (Å²) in [7, 11) is 0. The number of hydrogen-bond donors (Lipinski definition) is 4. The van der Waals surface area contributed by atoms with Gasteiger partial charge < -0.3 is 29.9 Å². The normalized spacial score (nSPS) is 20.5. The number of esters is 2. The summed E-state index contributed by atoms with van der Waals surface area (Å²) >= 11 is 0. The number of unbranched alkanes of at least 4 members (excludes halogenated alkanes) is 19. The lowest BCUT2D eigenvalue weighted by molar-refractivity contribution is -0.161. The Labute approximate surface area is 299 Å². The maximum atomic E-state index is 12.2. The first kappa shape index (κ1) is 45.5. The van der Waals surface area contributed by atoms with Crippen molar-refractivity contribution in [1.82, 2.24) is 0 Å². The lowest BCUT2D eigenvalue weighted by Crippen LogP contribution is -2.28. The zero-order valence-electron chi connectivity index (χ0n) is 31.5. The van der Waals surface area contributed by atoms with E-state index in [0.717, 1.165) is 64.2 Å². The van der Waals surface area contributed by atoms with Crippen LogP contribution in [0, 0.1) is 11.8 Å². The second-order valence-corrected chi connectivity index (χ2v) is 14.7. The molecule has 1 rings (SSSR count). The first-order valence-electron chi connectivity index (χ1n) is 20.5. The molecule has 0 amide bonds. The van der Waals surface area contributed by atoms with E-state index >= 15 is 0 Å². The van der Waals surface area contributed by atoms with Gasteiger partial charge in [0.2, 0.25) is 0 Å². The molecule has 0 aromatic carbocycles. The number of carbonyl (C=O) groups is 2. The van der Waals surface area contributed by atoms with Gasteiger partial charge >= 0.3 is 11.9 Å². The maximum absolute atomic E-state index is 12.2. The first-order valence-corrected chi connectivity index (χ1v) is 20.5. The molecule has 6 atom stereocenters. The van der Waals surface area contributed by atoms with Crippen molar-refractivity contribution in [2.75, 3.05) is 13.2 Å². The minimum atomic E-state index is -0.833. The molecule has 4 N–H and O–H groups in total. The van der Waals surface area contributed by atoms with Gasteiger partial charge in [0.1, 0.15) is 6.61 Å². The van der Waals surface area contributed by atoms with Crippen molar-refractivity contribution in [1.29, 1.82) is 0 Å². The van der Waals surface area contributed by atoms with Crippen LogP contribution >= 0.6 is 0 Å². The van der Waals surface area contributed by atoms with Gasteiger partial charge in [-0.15, -0.1) is 0 Å². The van der Waals surface area contributed by atoms with E-state index in [1.54, 1.807) is 6.08 Å². The van der Waals surface area contributed by atoms with E-state index < -0.39 is 24.4 Å². The molecular weight excluding hydrogens is 620 g/mol. The standard InChI is InChI=1S/C41H76O8/c1-3-5-7-8-9-10-11-12-13-14-15-16-17-18-24-28-41(47)49-35(32-42)33-48-40(46)27-23-20-19-22-26-36-37(39(45)31-38(36)44)30-29-34(43)25-21-6-4-2/h29-30,34-39,42-45H,3-28,31-33H2,1-2H3/b30-29+/t34-,35-,36+,37+,38-,39+/m0/s1. The zero-order valence-corrected chi connectivity index (χ0v) is 31.5. The van der Waals surface area contributed by atoms with Crippen LogP contribution in [0.5, 0.6) is 0 Å². The van der Waals surface area contributed by atoms with Gasteiger partial charge in [-0.25, -0.2) is 0 Å². The fourth-order valence-corrected chi connectivity index (χ4v) is 7.00. The lowest BCUT2D eigenvalue weighted by atomic mass is 9.88. The molecule has 1 aliphatic rings. The molecule has 0 aromatic heterocycles. The Morgan fingerprint density at radius 3 is 1.71 bits per heavy atom. The number of ether oxygens (including phenoxy) is 2. The zero-order chi connectivity index (χ0) is 36.0. The second-order valence-electron chi connectivity index (χ2n) is 14.7. The van der Waals surface area contributed by atoms with Crippen LogP contribution in [-0.4, -0.2) is 70.0 Å². The number of rotatable bonds is 33. The highest BCUT2D eigenvalue weighted by Crippen LogP contribution is 2.37. The van der Waals surface area contributed by atoms with E-state index in [4.69, 9.17) is 9.47 Å². The van der Waals surface area contributed by atoms with Gasteiger partial charge in [0, 0.05) is 25.2 Å². The monoisotopic (exact) mass is 697 g/mol. The Morgan fingerprint density at radius 1 is 0.673 bits per heavy atom. The molecule has 49 heavy (non-hydrogen) atoms. The summed E-state index contributed by atoms with van der Waals surface area (Å²) in [5.74, 6) is -0.903. The van der Waals surface area contributed by atoms with E-state index in [2.05, 4.69) is 13.8 Å². The molecule has 1 saturated carbocycles. The third kappa shape index (κ3) is 24.4. The third-order valence-electron chi connectivity index (χ3n) is 10.2. The smallest absolute Gasteiger partial charge is 0.306 e. The summed E-state index contributed by atoms with van der Waals surface area (Å²) in [4.78, 5) is 24.4. The van der Waals surface area contributed by atoms with Crippen LogP contribution in [0.15, 0.2) is 12.2 Å². The number of hydrogen-bond acceptors (Lipinski definition) is 8. The van der Waals surface area contributed by atoms with Crippen molar-refractivity contribution < 1.29 is 39.5 Å². The highest BCUT2D eigenvalue weighted by Gasteiger charge is 2.39. The van der Waals surface area contributed by atoms with Crippen LogP contribution < -0.4 is 0 Å². The molecule has 0 aliphatic heterocycles. The van der Waals surface area contributed by atoms with Crippen molar-refractivity contribution in [2.45, 2.75) is 212 Å². The molecule has 1 aliphatic carbocycles. The van der Waals surface area contributed by atoms with Gasteiger partial charge in [-0.05, 0) is 31.6 Å². The summed E-state index contributed by atoms with van der Waals surface area (Å²) in [6.45, 7) is 3.87. The van der Waals surface area contributed by atoms with E-state index in [-0.39, 0.29) is 43.4 Å². The second kappa shape index (κ2) is 31.3. The van der Waals surface area contributed by atoms with Crippen LogP contribution in [0.25, 0.3) is 0 Å². The molecule has 0 unspecified atom stereocenters. The molecule has 0 heterocycles. The highest BCUT2D eigenvalue weighted by molar-refractivity contribution is 5.70. The molecule has 1 fully saturated rings. The number of carbonyl (C=O) groups excluding carboxylic acids is 2. The third-order valence-corrected chi connectivity index (χ3v) is 10.2. The molecule has 0 radical (unpaired) electrons. The number of aliphatic hydroxyl groups is 4. The summed E-state index contributed by atoms with van der Waals surface area (Å²) in [6.07, 6.45) is 29.1. The summed E-state index contributed by atoms with van der Waals surface area (Å²) < 4.78 is 10.6. The van der Waals surface area contributed by atoms with Gasteiger partial charge in [0.15, 0.2) is 6.10 Å². The predicted octanol–water partition coefficient (Wildman–Crippen LogP) is 8.89. The molecule has 0 spiro atoms. The van der Waals surface area contributed by atoms with E-state index in [0.29, 0.717) is 25.7 Å². The Kier molecular flexibility index (Phi) is 29.1. The Balaban J connectivity index is 2.06. The minimum Gasteiger partial charge on any atom is -0.462 e. The molecule has 8 heteroatoms. The van der Waals surface area contributed by atoms with Gasteiger partial charge in [-0.2, -0.15) is 0 Å². The summed E-state index contributed by atoms with van der Waals surface area (Å²) in [5, 5.41) is 40.8. The average Bonchev–Trinajstić information content (AvgIpc) is 3.36. The van der Waals surface area contributed by atoms with Crippen LogP contribution in [-0.2, 0) is 19.1 Å². The Hall–Kier alpha value is -1.48. The first-order chi connectivity index (χ1) is 23.8. The van der Waals surface area contributed by atoms with Crippen LogP contribution in [0.1, 0.15) is 187 Å². The molecule has 288 valence electrons.